The maximum absolute atomic E-state index is 6.25. The molecule has 0 heterocycles. The van der Waals surface area contributed by atoms with Crippen molar-refractivity contribution < 1.29 is 0 Å². The zero-order valence-corrected chi connectivity index (χ0v) is 15.6. The van der Waals surface area contributed by atoms with Crippen molar-refractivity contribution in [3.05, 3.63) is 65.6 Å². The number of benzene rings is 2. The van der Waals surface area contributed by atoms with Gasteiger partial charge in [0.05, 0.1) is 11.1 Å². The van der Waals surface area contributed by atoms with Crippen LogP contribution in [0.25, 0.3) is 0 Å². The Morgan fingerprint density at radius 2 is 1.90 bits per heavy atom. The molecular weight excluding hydrogens is 474 g/mol. The van der Waals surface area contributed by atoms with E-state index >= 15 is 0 Å². The van der Waals surface area contributed by atoms with Gasteiger partial charge < -0.3 is 0 Å². The summed E-state index contributed by atoms with van der Waals surface area (Å²) >= 11 is 18.0. The number of hydrazine groups is 1. The molecule has 2 nitrogen and oxygen atoms in total. The van der Waals surface area contributed by atoms with Crippen LogP contribution in [0, 0.1) is 3.57 Å². The van der Waals surface area contributed by atoms with E-state index in [0.717, 1.165) is 29.2 Å². The lowest BCUT2D eigenvalue weighted by molar-refractivity contribution is 0.552. The van der Waals surface area contributed by atoms with Gasteiger partial charge in [0.1, 0.15) is 0 Å². The van der Waals surface area contributed by atoms with Crippen LogP contribution < -0.4 is 11.3 Å². The van der Waals surface area contributed by atoms with Crippen LogP contribution in [0.4, 0.5) is 0 Å². The lowest BCUT2D eigenvalue weighted by Crippen LogP contribution is -2.29. The molecule has 0 spiro atoms. The normalized spacial score (nSPS) is 12.4. The summed E-state index contributed by atoms with van der Waals surface area (Å²) in [6.07, 6.45) is 0.694. The van der Waals surface area contributed by atoms with Crippen LogP contribution in [-0.2, 0) is 6.42 Å². The molecule has 0 aliphatic carbocycles. The minimum absolute atomic E-state index is 0.0387. The fourth-order valence-corrected chi connectivity index (χ4v) is 3.18. The Morgan fingerprint density at radius 3 is 2.50 bits per heavy atom. The van der Waals surface area contributed by atoms with E-state index in [4.69, 9.17) is 29.0 Å². The van der Waals surface area contributed by atoms with E-state index in [1.807, 2.05) is 36.4 Å². The van der Waals surface area contributed by atoms with Gasteiger partial charge in [-0.1, -0.05) is 51.3 Å². The fraction of sp³-hybridized carbons (Fsp3) is 0.143. The molecule has 2 aromatic carbocycles. The summed E-state index contributed by atoms with van der Waals surface area (Å²) in [4.78, 5) is 0. The first kappa shape index (κ1) is 16.5. The highest BCUT2D eigenvalue weighted by atomic mass is 127. The molecule has 0 bridgehead atoms. The Labute approximate surface area is 150 Å². The molecular formula is C14H12BrCl2IN2. The van der Waals surface area contributed by atoms with E-state index in [2.05, 4.69) is 43.9 Å². The molecule has 0 radical (unpaired) electrons. The van der Waals surface area contributed by atoms with Crippen LogP contribution in [-0.4, -0.2) is 0 Å². The highest BCUT2D eigenvalue weighted by molar-refractivity contribution is 14.1. The summed E-state index contributed by atoms with van der Waals surface area (Å²) in [7, 11) is 0. The SMILES string of the molecule is NNC(Cc1ccc(Br)cc1Cl)c1ccc(I)c(Cl)c1. The van der Waals surface area contributed by atoms with Gasteiger partial charge in [-0.25, -0.2) is 0 Å². The Kier molecular flexibility index (Phi) is 6.13. The van der Waals surface area contributed by atoms with Crippen molar-refractivity contribution in [2.75, 3.05) is 0 Å². The van der Waals surface area contributed by atoms with Crippen LogP contribution in [0.1, 0.15) is 17.2 Å². The van der Waals surface area contributed by atoms with Gasteiger partial charge in [0.25, 0.3) is 0 Å². The van der Waals surface area contributed by atoms with Gasteiger partial charge in [0.15, 0.2) is 0 Å². The monoisotopic (exact) mass is 484 g/mol. The summed E-state index contributed by atoms with van der Waals surface area (Å²) in [5, 5.41) is 1.45. The first-order valence-electron chi connectivity index (χ1n) is 5.86. The smallest absolute Gasteiger partial charge is 0.0542 e. The molecule has 0 amide bonds. The molecule has 0 aliphatic rings. The Balaban J connectivity index is 2.26. The van der Waals surface area contributed by atoms with Crippen LogP contribution in [0.5, 0.6) is 0 Å². The quantitative estimate of drug-likeness (QED) is 0.359. The second-order valence-electron chi connectivity index (χ2n) is 4.33. The van der Waals surface area contributed by atoms with Crippen molar-refractivity contribution in [2.24, 2.45) is 5.84 Å². The second-order valence-corrected chi connectivity index (χ2v) is 7.22. The average Bonchev–Trinajstić information content (AvgIpc) is 2.41. The van der Waals surface area contributed by atoms with Crippen molar-refractivity contribution in [3.8, 4) is 0 Å². The zero-order chi connectivity index (χ0) is 14.7. The predicted molar refractivity (Wildman–Crippen MR) is 97.1 cm³/mol. The molecule has 1 atom stereocenters. The predicted octanol–water partition coefficient (Wildman–Crippen LogP) is 5.11. The molecule has 6 heteroatoms. The summed E-state index contributed by atoms with van der Waals surface area (Å²) < 4.78 is 1.98. The maximum Gasteiger partial charge on any atom is 0.0542 e. The molecule has 106 valence electrons. The number of rotatable bonds is 4. The van der Waals surface area contributed by atoms with Crippen molar-refractivity contribution in [3.63, 3.8) is 0 Å². The standard InChI is InChI=1S/C14H12BrCl2IN2/c15-10-3-1-8(11(16)7-10)6-14(20-19)9-2-4-13(18)12(17)5-9/h1-5,7,14,20H,6,19H2. The number of hydrogen-bond acceptors (Lipinski definition) is 2. The summed E-state index contributed by atoms with van der Waals surface area (Å²) in [6.45, 7) is 0. The first-order chi connectivity index (χ1) is 9.51. The van der Waals surface area contributed by atoms with E-state index in [9.17, 15) is 0 Å². The highest BCUT2D eigenvalue weighted by Crippen LogP contribution is 2.28. The minimum atomic E-state index is -0.0387. The minimum Gasteiger partial charge on any atom is -0.271 e. The summed E-state index contributed by atoms with van der Waals surface area (Å²) in [5.74, 6) is 5.67. The van der Waals surface area contributed by atoms with Crippen LogP contribution >= 0.6 is 61.7 Å². The van der Waals surface area contributed by atoms with Gasteiger partial charge in [-0.15, -0.1) is 0 Å². The first-order valence-corrected chi connectivity index (χ1v) is 8.49. The van der Waals surface area contributed by atoms with Gasteiger partial charge in [-0.3, -0.25) is 11.3 Å². The molecule has 0 saturated heterocycles. The van der Waals surface area contributed by atoms with Crippen LogP contribution in [0.3, 0.4) is 0 Å². The lowest BCUT2D eigenvalue weighted by atomic mass is 9.99. The molecule has 20 heavy (non-hydrogen) atoms. The van der Waals surface area contributed by atoms with Gasteiger partial charge in [0, 0.05) is 13.1 Å². The maximum atomic E-state index is 6.25. The third-order valence-corrected chi connectivity index (χ3v) is 5.40. The van der Waals surface area contributed by atoms with Gasteiger partial charge in [-0.2, -0.15) is 0 Å². The van der Waals surface area contributed by atoms with Gasteiger partial charge in [0.2, 0.25) is 0 Å². The van der Waals surface area contributed by atoms with Crippen LogP contribution in [0.2, 0.25) is 10.0 Å². The van der Waals surface area contributed by atoms with E-state index < -0.39 is 0 Å². The number of nitrogens with two attached hydrogens (primary N) is 1. The van der Waals surface area contributed by atoms with E-state index in [-0.39, 0.29) is 6.04 Å². The van der Waals surface area contributed by atoms with Crippen LogP contribution in [0.15, 0.2) is 40.9 Å². The number of nitrogens with one attached hydrogen (secondary N) is 1. The second kappa shape index (κ2) is 7.42. The van der Waals surface area contributed by atoms with E-state index in [1.165, 1.54) is 0 Å². The molecule has 0 saturated carbocycles. The highest BCUT2D eigenvalue weighted by Gasteiger charge is 2.14. The molecule has 2 rings (SSSR count). The fourth-order valence-electron chi connectivity index (χ4n) is 1.91. The topological polar surface area (TPSA) is 38.0 Å². The molecule has 2 aromatic rings. The van der Waals surface area contributed by atoms with Crippen molar-refractivity contribution >= 4 is 61.7 Å². The third kappa shape index (κ3) is 4.08. The Bertz CT molecular complexity index is 622. The largest absolute Gasteiger partial charge is 0.271 e. The average molecular weight is 486 g/mol. The van der Waals surface area contributed by atoms with Gasteiger partial charge >= 0.3 is 0 Å². The van der Waals surface area contributed by atoms with E-state index in [0.29, 0.717) is 6.42 Å². The molecule has 0 fully saturated rings. The lowest BCUT2D eigenvalue weighted by Gasteiger charge is -2.18. The molecule has 1 unspecified atom stereocenters. The van der Waals surface area contributed by atoms with Crippen molar-refractivity contribution in [1.29, 1.82) is 0 Å². The Morgan fingerprint density at radius 1 is 1.15 bits per heavy atom. The number of hydrogen-bond donors (Lipinski definition) is 2. The number of halogens is 4. The van der Waals surface area contributed by atoms with Crippen molar-refractivity contribution in [1.82, 2.24) is 5.43 Å². The van der Waals surface area contributed by atoms with Crippen molar-refractivity contribution in [2.45, 2.75) is 12.5 Å². The molecule has 3 N–H and O–H groups in total. The molecule has 0 aliphatic heterocycles. The summed E-state index contributed by atoms with van der Waals surface area (Å²) in [5.41, 5.74) is 4.90. The molecule has 0 aromatic heterocycles. The Hall–Kier alpha value is 0.150. The van der Waals surface area contributed by atoms with Gasteiger partial charge in [-0.05, 0) is 64.4 Å². The zero-order valence-electron chi connectivity index (χ0n) is 10.3. The third-order valence-electron chi connectivity index (χ3n) is 2.99. The van der Waals surface area contributed by atoms with E-state index in [1.54, 1.807) is 0 Å². The summed E-state index contributed by atoms with van der Waals surface area (Å²) in [6, 6.07) is 11.7.